The zero-order valence-corrected chi connectivity index (χ0v) is 21.2. The molecule has 0 bridgehead atoms. The third-order valence-electron chi connectivity index (χ3n) is 6.50. The number of benzene rings is 2. The minimum absolute atomic E-state index is 0.113. The van der Waals surface area contributed by atoms with E-state index < -0.39 is 10.0 Å². The summed E-state index contributed by atoms with van der Waals surface area (Å²) in [4.78, 5) is 15.3. The molecule has 2 aromatic heterocycles. The first-order chi connectivity index (χ1) is 17.3. The molecule has 9 nitrogen and oxygen atoms in total. The fourth-order valence-corrected chi connectivity index (χ4v) is 6.42. The standard InChI is InChI=1S/C26H27N5O4S/c1-18-25(19(2)35-28-18)36(33,34)30-15-14-24-22(16-30)23(27-29(24)3)17-31(21-12-8-5-9-13-21)26(32)20-10-6-4-7-11-20/h4-13H,14-17H2,1-3H3. The van der Waals surface area contributed by atoms with Gasteiger partial charge in [0.25, 0.3) is 5.91 Å². The summed E-state index contributed by atoms with van der Waals surface area (Å²) in [7, 11) is -1.96. The summed E-state index contributed by atoms with van der Waals surface area (Å²) in [5.74, 6) is 0.116. The van der Waals surface area contributed by atoms with Gasteiger partial charge >= 0.3 is 0 Å². The van der Waals surface area contributed by atoms with Crippen molar-refractivity contribution in [1.29, 1.82) is 0 Å². The maximum absolute atomic E-state index is 13.5. The molecule has 4 aromatic rings. The number of sulfonamides is 1. The lowest BCUT2D eigenvalue weighted by molar-refractivity contribution is 0.0984. The molecule has 0 saturated carbocycles. The molecular formula is C26H27N5O4S. The molecule has 0 radical (unpaired) electrons. The molecule has 10 heteroatoms. The van der Waals surface area contributed by atoms with Crippen molar-refractivity contribution >= 4 is 21.6 Å². The van der Waals surface area contributed by atoms with E-state index in [1.54, 1.807) is 35.6 Å². The van der Waals surface area contributed by atoms with Gasteiger partial charge in [0, 0.05) is 49.1 Å². The number of rotatable bonds is 6. The van der Waals surface area contributed by atoms with Crippen molar-refractivity contribution in [1.82, 2.24) is 19.2 Å². The Bertz CT molecular complexity index is 1490. The van der Waals surface area contributed by atoms with E-state index in [1.807, 2.05) is 55.6 Å². The van der Waals surface area contributed by atoms with Gasteiger partial charge in [0.05, 0.1) is 12.2 Å². The third-order valence-corrected chi connectivity index (χ3v) is 8.59. The Morgan fingerprint density at radius 2 is 1.72 bits per heavy atom. The summed E-state index contributed by atoms with van der Waals surface area (Å²) in [6, 6.07) is 18.5. The van der Waals surface area contributed by atoms with Crippen LogP contribution < -0.4 is 4.90 Å². The highest BCUT2D eigenvalue weighted by molar-refractivity contribution is 7.89. The fraction of sp³-hybridized carbons (Fsp3) is 0.269. The smallest absolute Gasteiger partial charge is 0.258 e. The number of aromatic nitrogens is 3. The topological polar surface area (TPSA) is 102 Å². The number of carbonyl (C=O) groups is 1. The summed E-state index contributed by atoms with van der Waals surface area (Å²) in [5, 5.41) is 8.54. The molecule has 3 heterocycles. The minimum Gasteiger partial charge on any atom is -0.360 e. The van der Waals surface area contributed by atoms with Crippen LogP contribution in [0.25, 0.3) is 0 Å². The van der Waals surface area contributed by atoms with Crippen molar-refractivity contribution in [3.8, 4) is 0 Å². The van der Waals surface area contributed by atoms with Crippen LogP contribution in [0, 0.1) is 13.8 Å². The zero-order valence-electron chi connectivity index (χ0n) is 20.4. The van der Waals surface area contributed by atoms with Crippen molar-refractivity contribution in [3.05, 3.63) is 94.6 Å². The van der Waals surface area contributed by atoms with Crippen LogP contribution in [0.2, 0.25) is 0 Å². The van der Waals surface area contributed by atoms with Crippen LogP contribution in [0.3, 0.4) is 0 Å². The molecule has 1 amide bonds. The first kappa shape index (κ1) is 24.0. The van der Waals surface area contributed by atoms with E-state index in [0.717, 1.165) is 16.9 Å². The summed E-state index contributed by atoms with van der Waals surface area (Å²) in [6.07, 6.45) is 0.513. The van der Waals surface area contributed by atoms with Crippen LogP contribution in [0.4, 0.5) is 5.69 Å². The molecule has 0 aliphatic carbocycles. The molecule has 36 heavy (non-hydrogen) atoms. The molecule has 0 fully saturated rings. The molecule has 5 rings (SSSR count). The Hall–Kier alpha value is -3.76. The Kier molecular flexibility index (Phi) is 6.23. The van der Waals surface area contributed by atoms with Gasteiger partial charge in [-0.3, -0.25) is 9.48 Å². The summed E-state index contributed by atoms with van der Waals surface area (Å²) < 4.78 is 35.3. The van der Waals surface area contributed by atoms with Crippen molar-refractivity contribution in [2.24, 2.45) is 7.05 Å². The molecular weight excluding hydrogens is 478 g/mol. The Morgan fingerprint density at radius 3 is 2.36 bits per heavy atom. The third kappa shape index (κ3) is 4.22. The van der Waals surface area contributed by atoms with Crippen molar-refractivity contribution < 1.29 is 17.7 Å². The molecule has 0 atom stereocenters. The normalized spacial score (nSPS) is 14.0. The quantitative estimate of drug-likeness (QED) is 0.397. The molecule has 1 aliphatic rings. The van der Waals surface area contributed by atoms with Crippen LogP contribution in [0.5, 0.6) is 0 Å². The van der Waals surface area contributed by atoms with Crippen LogP contribution in [0.1, 0.15) is 38.8 Å². The maximum atomic E-state index is 13.5. The minimum atomic E-state index is -3.81. The summed E-state index contributed by atoms with van der Waals surface area (Å²) in [5.41, 5.74) is 4.10. The second kappa shape index (κ2) is 9.36. The zero-order chi connectivity index (χ0) is 25.4. The van der Waals surface area contributed by atoms with Crippen LogP contribution >= 0.6 is 0 Å². The van der Waals surface area contributed by atoms with E-state index in [2.05, 4.69) is 5.16 Å². The predicted molar refractivity (Wildman–Crippen MR) is 134 cm³/mol. The van der Waals surface area contributed by atoms with Crippen molar-refractivity contribution in [2.75, 3.05) is 11.4 Å². The Balaban J connectivity index is 1.51. The second-order valence-corrected chi connectivity index (χ2v) is 10.7. The van der Waals surface area contributed by atoms with Crippen LogP contribution in [-0.2, 0) is 36.6 Å². The van der Waals surface area contributed by atoms with Crippen molar-refractivity contribution in [3.63, 3.8) is 0 Å². The molecule has 0 unspecified atom stereocenters. The van der Waals surface area contributed by atoms with Gasteiger partial charge in [-0.15, -0.1) is 0 Å². The predicted octanol–water partition coefficient (Wildman–Crippen LogP) is 3.62. The van der Waals surface area contributed by atoms with Gasteiger partial charge in [-0.2, -0.15) is 9.40 Å². The molecule has 186 valence electrons. The molecule has 0 spiro atoms. The maximum Gasteiger partial charge on any atom is 0.258 e. The van der Waals surface area contributed by atoms with E-state index in [0.29, 0.717) is 29.9 Å². The number of nitrogens with zero attached hydrogens (tertiary/aromatic N) is 5. The summed E-state index contributed by atoms with van der Waals surface area (Å²) >= 11 is 0. The molecule has 1 aliphatic heterocycles. The Morgan fingerprint density at radius 1 is 1.06 bits per heavy atom. The van der Waals surface area contributed by atoms with E-state index >= 15 is 0 Å². The van der Waals surface area contributed by atoms with Gasteiger partial charge in [-0.05, 0) is 38.1 Å². The molecule has 0 N–H and O–H groups in total. The number of fused-ring (bicyclic) bond motifs is 1. The van der Waals surface area contributed by atoms with Gasteiger partial charge in [-0.1, -0.05) is 41.6 Å². The Labute approximate surface area is 210 Å². The number of carbonyl (C=O) groups excluding carboxylic acids is 1. The SMILES string of the molecule is Cc1noc(C)c1S(=O)(=O)N1CCc2c(c(CN(C(=O)c3ccccc3)c3ccccc3)nn2C)C1. The van der Waals surface area contributed by atoms with E-state index in [4.69, 9.17) is 9.62 Å². The number of aryl methyl sites for hydroxylation is 3. The number of amides is 1. The van der Waals surface area contributed by atoms with E-state index in [1.165, 1.54) is 4.31 Å². The van der Waals surface area contributed by atoms with Gasteiger partial charge < -0.3 is 9.42 Å². The van der Waals surface area contributed by atoms with E-state index in [-0.39, 0.29) is 29.7 Å². The average Bonchev–Trinajstić information content (AvgIpc) is 3.40. The lowest BCUT2D eigenvalue weighted by Gasteiger charge is -2.28. The average molecular weight is 506 g/mol. The van der Waals surface area contributed by atoms with Crippen molar-refractivity contribution in [2.45, 2.75) is 38.3 Å². The molecule has 0 saturated heterocycles. The van der Waals surface area contributed by atoms with Gasteiger partial charge in [0.15, 0.2) is 5.76 Å². The highest BCUT2D eigenvalue weighted by Gasteiger charge is 2.36. The largest absolute Gasteiger partial charge is 0.360 e. The number of hydrogen-bond acceptors (Lipinski definition) is 6. The van der Waals surface area contributed by atoms with Crippen LogP contribution in [0.15, 0.2) is 70.1 Å². The number of hydrogen-bond donors (Lipinski definition) is 0. The number of anilines is 1. The fourth-order valence-electron chi connectivity index (χ4n) is 4.72. The highest BCUT2D eigenvalue weighted by atomic mass is 32.2. The first-order valence-electron chi connectivity index (χ1n) is 11.7. The van der Waals surface area contributed by atoms with Gasteiger partial charge in [-0.25, -0.2) is 8.42 Å². The number of para-hydroxylation sites is 1. The van der Waals surface area contributed by atoms with Gasteiger partial charge in [0.2, 0.25) is 10.0 Å². The second-order valence-electron chi connectivity index (χ2n) is 8.83. The highest BCUT2D eigenvalue weighted by Crippen LogP contribution is 2.31. The first-order valence-corrected chi connectivity index (χ1v) is 13.1. The summed E-state index contributed by atoms with van der Waals surface area (Å²) in [6.45, 7) is 3.92. The van der Waals surface area contributed by atoms with E-state index in [9.17, 15) is 13.2 Å². The lowest BCUT2D eigenvalue weighted by atomic mass is 10.1. The molecule has 2 aromatic carbocycles. The lowest BCUT2D eigenvalue weighted by Crippen LogP contribution is -2.37. The van der Waals surface area contributed by atoms with Crippen LogP contribution in [-0.4, -0.2) is 40.1 Å². The van der Waals surface area contributed by atoms with Gasteiger partial charge in [0.1, 0.15) is 10.6 Å². The monoisotopic (exact) mass is 505 g/mol.